The predicted octanol–water partition coefficient (Wildman–Crippen LogP) is 3.60. The smallest absolute Gasteiger partial charge is 0.226 e. The number of furan rings is 1. The molecule has 0 atom stereocenters. The fraction of sp³-hybridized carbons (Fsp3) is 0.300. The lowest BCUT2D eigenvalue weighted by molar-refractivity contribution is -0.134. The molecular formula is C20H20FN3O2. The Morgan fingerprint density at radius 1 is 1.27 bits per heavy atom. The van der Waals surface area contributed by atoms with Crippen LogP contribution >= 0.6 is 0 Å². The molecule has 26 heavy (non-hydrogen) atoms. The van der Waals surface area contributed by atoms with Crippen molar-refractivity contribution in [3.05, 3.63) is 78.0 Å². The first-order chi connectivity index (χ1) is 12.7. The minimum Gasteiger partial charge on any atom is -0.467 e. The van der Waals surface area contributed by atoms with Crippen LogP contribution in [0.15, 0.2) is 59.5 Å². The van der Waals surface area contributed by atoms with E-state index in [1.807, 2.05) is 29.0 Å². The van der Waals surface area contributed by atoms with Crippen LogP contribution in [-0.4, -0.2) is 20.4 Å². The summed E-state index contributed by atoms with van der Waals surface area (Å²) in [6.07, 6.45) is 7.07. The largest absolute Gasteiger partial charge is 0.467 e. The van der Waals surface area contributed by atoms with Crippen molar-refractivity contribution >= 4 is 5.91 Å². The molecule has 1 amide bonds. The molecule has 0 unspecified atom stereocenters. The summed E-state index contributed by atoms with van der Waals surface area (Å²) in [6, 6.07) is 10.2. The van der Waals surface area contributed by atoms with Crippen LogP contribution < -0.4 is 0 Å². The number of benzene rings is 1. The van der Waals surface area contributed by atoms with Crippen molar-refractivity contribution in [2.45, 2.75) is 32.5 Å². The van der Waals surface area contributed by atoms with Gasteiger partial charge in [0, 0.05) is 24.9 Å². The third-order valence-electron chi connectivity index (χ3n) is 4.54. The molecule has 1 aliphatic carbocycles. The second-order valence-electron chi connectivity index (χ2n) is 6.65. The van der Waals surface area contributed by atoms with Crippen LogP contribution in [0, 0.1) is 11.7 Å². The molecular weight excluding hydrogens is 333 g/mol. The van der Waals surface area contributed by atoms with Crippen LogP contribution in [0.1, 0.15) is 30.0 Å². The summed E-state index contributed by atoms with van der Waals surface area (Å²) in [5, 5.41) is 0. The van der Waals surface area contributed by atoms with Crippen molar-refractivity contribution in [1.29, 1.82) is 0 Å². The number of hydrogen-bond donors (Lipinski definition) is 0. The number of aromatic nitrogens is 2. The van der Waals surface area contributed by atoms with Crippen LogP contribution in [-0.2, 0) is 24.4 Å². The van der Waals surface area contributed by atoms with Gasteiger partial charge in [-0.15, -0.1) is 0 Å². The lowest BCUT2D eigenvalue weighted by Gasteiger charge is -2.22. The highest BCUT2D eigenvalue weighted by atomic mass is 19.1. The Morgan fingerprint density at radius 3 is 2.88 bits per heavy atom. The van der Waals surface area contributed by atoms with Gasteiger partial charge in [0.2, 0.25) is 5.91 Å². The minimum atomic E-state index is -0.257. The normalized spacial score (nSPS) is 13.7. The van der Waals surface area contributed by atoms with E-state index in [9.17, 15) is 9.18 Å². The third kappa shape index (κ3) is 3.85. The van der Waals surface area contributed by atoms with Gasteiger partial charge < -0.3 is 13.9 Å². The van der Waals surface area contributed by atoms with Gasteiger partial charge in [0.1, 0.15) is 17.4 Å². The SMILES string of the molecule is O=C(C1CC1)N(Cc1ccco1)Cc1nccn1Cc1cccc(F)c1. The minimum absolute atomic E-state index is 0.122. The van der Waals surface area contributed by atoms with Crippen molar-refractivity contribution in [3.63, 3.8) is 0 Å². The maximum absolute atomic E-state index is 13.4. The molecule has 0 N–H and O–H groups in total. The molecule has 0 spiro atoms. The van der Waals surface area contributed by atoms with Crippen molar-refractivity contribution < 1.29 is 13.6 Å². The summed E-state index contributed by atoms with van der Waals surface area (Å²) in [5.74, 6) is 1.53. The Morgan fingerprint density at radius 2 is 2.15 bits per heavy atom. The van der Waals surface area contributed by atoms with Gasteiger partial charge in [-0.05, 0) is 42.7 Å². The molecule has 2 heterocycles. The third-order valence-corrected chi connectivity index (χ3v) is 4.54. The zero-order valence-corrected chi connectivity index (χ0v) is 14.3. The molecule has 134 valence electrons. The zero-order chi connectivity index (χ0) is 17.9. The molecule has 3 aromatic rings. The molecule has 1 aromatic carbocycles. The highest BCUT2D eigenvalue weighted by Gasteiger charge is 2.34. The summed E-state index contributed by atoms with van der Waals surface area (Å²) < 4.78 is 20.8. The van der Waals surface area contributed by atoms with Gasteiger partial charge in [0.15, 0.2) is 0 Å². The van der Waals surface area contributed by atoms with Crippen LogP contribution in [0.4, 0.5) is 4.39 Å². The first-order valence-electron chi connectivity index (χ1n) is 8.74. The van der Waals surface area contributed by atoms with E-state index < -0.39 is 0 Å². The number of imidazole rings is 1. The Kier molecular flexibility index (Phi) is 4.56. The van der Waals surface area contributed by atoms with Crippen LogP contribution in [0.25, 0.3) is 0 Å². The number of carbonyl (C=O) groups excluding carboxylic acids is 1. The predicted molar refractivity (Wildman–Crippen MR) is 93.4 cm³/mol. The van der Waals surface area contributed by atoms with Gasteiger partial charge >= 0.3 is 0 Å². The Balaban J connectivity index is 1.52. The second kappa shape index (κ2) is 7.15. The van der Waals surface area contributed by atoms with E-state index in [-0.39, 0.29) is 17.6 Å². The molecule has 5 nitrogen and oxygen atoms in total. The number of halogens is 1. The number of rotatable bonds is 7. The Bertz CT molecular complexity index is 884. The van der Waals surface area contributed by atoms with Gasteiger partial charge in [0.25, 0.3) is 0 Å². The van der Waals surface area contributed by atoms with E-state index in [1.165, 1.54) is 12.1 Å². The summed E-state index contributed by atoms with van der Waals surface area (Å²) in [6.45, 7) is 1.34. The van der Waals surface area contributed by atoms with Crippen molar-refractivity contribution in [2.24, 2.45) is 5.92 Å². The highest BCUT2D eigenvalue weighted by molar-refractivity contribution is 5.80. The molecule has 1 fully saturated rings. The summed E-state index contributed by atoms with van der Waals surface area (Å²) in [7, 11) is 0. The first kappa shape index (κ1) is 16.6. The topological polar surface area (TPSA) is 51.3 Å². The van der Waals surface area contributed by atoms with E-state index >= 15 is 0 Å². The van der Waals surface area contributed by atoms with Crippen molar-refractivity contribution in [3.8, 4) is 0 Å². The van der Waals surface area contributed by atoms with Crippen molar-refractivity contribution in [1.82, 2.24) is 14.5 Å². The molecule has 0 radical (unpaired) electrons. The van der Waals surface area contributed by atoms with Crippen LogP contribution in [0.3, 0.4) is 0 Å². The number of carbonyl (C=O) groups is 1. The molecule has 2 aromatic heterocycles. The maximum atomic E-state index is 13.4. The number of amides is 1. The van der Waals surface area contributed by atoms with Crippen LogP contribution in [0.2, 0.25) is 0 Å². The standard InChI is InChI=1S/C20H20FN3O2/c21-17-4-1-3-15(11-17)12-23-9-8-22-19(23)14-24(20(25)16-6-7-16)13-18-5-2-10-26-18/h1-5,8-11,16H,6-7,12-14H2. The Hall–Kier alpha value is -2.89. The van der Waals surface area contributed by atoms with Gasteiger partial charge in [0.05, 0.1) is 19.4 Å². The molecule has 6 heteroatoms. The van der Waals surface area contributed by atoms with Crippen LogP contribution in [0.5, 0.6) is 0 Å². The second-order valence-corrected chi connectivity index (χ2v) is 6.65. The lowest BCUT2D eigenvalue weighted by atomic mass is 10.2. The van der Waals surface area contributed by atoms with E-state index in [1.54, 1.807) is 23.4 Å². The summed E-state index contributed by atoms with van der Waals surface area (Å²) in [4.78, 5) is 18.9. The zero-order valence-electron chi connectivity index (χ0n) is 14.3. The lowest BCUT2D eigenvalue weighted by Crippen LogP contribution is -2.32. The molecule has 0 aliphatic heterocycles. The fourth-order valence-electron chi connectivity index (χ4n) is 3.03. The fourth-order valence-corrected chi connectivity index (χ4v) is 3.03. The Labute approximate surface area is 151 Å². The van der Waals surface area contributed by atoms with E-state index in [2.05, 4.69) is 4.98 Å². The first-order valence-corrected chi connectivity index (χ1v) is 8.74. The highest BCUT2D eigenvalue weighted by Crippen LogP contribution is 2.32. The van der Waals surface area contributed by atoms with Gasteiger partial charge in [-0.3, -0.25) is 4.79 Å². The molecule has 4 rings (SSSR count). The van der Waals surface area contributed by atoms with Gasteiger partial charge in [-0.1, -0.05) is 12.1 Å². The number of hydrogen-bond acceptors (Lipinski definition) is 3. The van der Waals surface area contributed by atoms with E-state index in [4.69, 9.17) is 4.42 Å². The number of nitrogens with zero attached hydrogens (tertiary/aromatic N) is 3. The molecule has 0 bridgehead atoms. The van der Waals surface area contributed by atoms with Gasteiger partial charge in [-0.25, -0.2) is 9.37 Å². The monoisotopic (exact) mass is 353 g/mol. The molecule has 0 saturated heterocycles. The van der Waals surface area contributed by atoms with Crippen molar-refractivity contribution in [2.75, 3.05) is 0 Å². The average molecular weight is 353 g/mol. The quantitative estimate of drug-likeness (QED) is 0.652. The molecule has 1 saturated carbocycles. The maximum Gasteiger partial charge on any atom is 0.226 e. The average Bonchev–Trinajstić information content (AvgIpc) is 3.19. The van der Waals surface area contributed by atoms with E-state index in [0.717, 1.165) is 30.0 Å². The van der Waals surface area contributed by atoms with Gasteiger partial charge in [-0.2, -0.15) is 0 Å². The molecule has 1 aliphatic rings. The summed E-state index contributed by atoms with van der Waals surface area (Å²) >= 11 is 0. The van der Waals surface area contributed by atoms with E-state index in [0.29, 0.717) is 19.6 Å². The summed E-state index contributed by atoms with van der Waals surface area (Å²) in [5.41, 5.74) is 0.857.